The normalized spacial score (nSPS) is 15.7. The van der Waals surface area contributed by atoms with E-state index in [1.807, 2.05) is 0 Å². The van der Waals surface area contributed by atoms with Crippen LogP contribution in [0.25, 0.3) is 5.76 Å². The first-order valence-corrected chi connectivity index (χ1v) is 9.95. The number of rotatable bonds is 5. The lowest BCUT2D eigenvalue weighted by Gasteiger charge is -2.15. The summed E-state index contributed by atoms with van der Waals surface area (Å²) in [7, 11) is -3.55. The number of aryl methyl sites for hydroxylation is 1. The van der Waals surface area contributed by atoms with Crippen LogP contribution in [0.1, 0.15) is 24.2 Å². The summed E-state index contributed by atoms with van der Waals surface area (Å²) in [6, 6.07) is 7.30. The highest BCUT2D eigenvalue weighted by molar-refractivity contribution is 7.89. The van der Waals surface area contributed by atoms with Gasteiger partial charge in [0.2, 0.25) is 10.0 Å². The first kappa shape index (κ1) is 19.6. The highest BCUT2D eigenvalue weighted by atomic mass is 32.2. The topological polar surface area (TPSA) is 137 Å². The Bertz CT molecular complexity index is 1060. The van der Waals surface area contributed by atoms with Crippen LogP contribution in [0.15, 0.2) is 45.5 Å². The van der Waals surface area contributed by atoms with Gasteiger partial charge < -0.3 is 14.9 Å². The van der Waals surface area contributed by atoms with Crippen molar-refractivity contribution < 1.29 is 22.8 Å². The molecule has 2 aromatic rings. The van der Waals surface area contributed by atoms with Crippen molar-refractivity contribution in [1.29, 1.82) is 5.26 Å². The maximum atomic E-state index is 12.5. The van der Waals surface area contributed by atoms with Crippen molar-refractivity contribution in [2.24, 2.45) is 0 Å². The van der Waals surface area contributed by atoms with E-state index in [0.717, 1.165) is 12.8 Å². The van der Waals surface area contributed by atoms with E-state index in [9.17, 15) is 23.6 Å². The van der Waals surface area contributed by atoms with Gasteiger partial charge in [0, 0.05) is 18.8 Å². The first-order chi connectivity index (χ1) is 13.3. The summed E-state index contributed by atoms with van der Waals surface area (Å²) < 4.78 is 31.3. The van der Waals surface area contributed by atoms with E-state index < -0.39 is 27.3 Å². The first-order valence-electron chi connectivity index (χ1n) is 8.51. The van der Waals surface area contributed by atoms with Crippen LogP contribution < -0.4 is 5.32 Å². The number of aromatic nitrogens is 1. The monoisotopic (exact) mass is 402 g/mol. The standard InChI is InChI=1S/C18H18N4O5S/c1-12-16(11-20-27-12)17(23)15(10-19)18(24)21-13-4-6-14(7-5-13)28(25,26)22-8-2-3-9-22/h4-7,11,23H,2-3,8-9H2,1H3,(H,21,24)/b17-15-. The molecule has 0 atom stereocenters. The van der Waals surface area contributed by atoms with Crippen molar-refractivity contribution in [2.45, 2.75) is 24.7 Å². The zero-order valence-electron chi connectivity index (χ0n) is 15.0. The number of aliphatic hydroxyl groups excluding tert-OH is 1. The lowest BCUT2D eigenvalue weighted by molar-refractivity contribution is -0.112. The maximum absolute atomic E-state index is 12.5. The second-order valence-corrected chi connectivity index (χ2v) is 8.16. The predicted octanol–water partition coefficient (Wildman–Crippen LogP) is 2.20. The van der Waals surface area contributed by atoms with E-state index in [0.29, 0.717) is 13.1 Å². The second kappa shape index (κ2) is 7.84. The Balaban J connectivity index is 1.79. The van der Waals surface area contributed by atoms with Crippen molar-refractivity contribution in [3.63, 3.8) is 0 Å². The third-order valence-corrected chi connectivity index (χ3v) is 6.31. The number of sulfonamides is 1. The van der Waals surface area contributed by atoms with Crippen molar-refractivity contribution in [3.8, 4) is 6.07 Å². The van der Waals surface area contributed by atoms with Crippen LogP contribution >= 0.6 is 0 Å². The van der Waals surface area contributed by atoms with Crippen LogP contribution in [0.4, 0.5) is 5.69 Å². The molecule has 28 heavy (non-hydrogen) atoms. The Morgan fingerprint density at radius 2 is 1.93 bits per heavy atom. The summed E-state index contributed by atoms with van der Waals surface area (Å²) in [5.41, 5.74) is -0.0909. The Morgan fingerprint density at radius 3 is 2.46 bits per heavy atom. The fourth-order valence-corrected chi connectivity index (χ4v) is 4.37. The lowest BCUT2D eigenvalue weighted by atomic mass is 10.1. The fourth-order valence-electron chi connectivity index (χ4n) is 2.85. The van der Waals surface area contributed by atoms with Gasteiger partial charge in [-0.1, -0.05) is 5.16 Å². The number of carbonyl (C=O) groups excluding carboxylic acids is 1. The molecule has 1 fully saturated rings. The number of anilines is 1. The summed E-state index contributed by atoms with van der Waals surface area (Å²) in [5, 5.41) is 25.4. The minimum Gasteiger partial charge on any atom is -0.506 e. The Hall–Kier alpha value is -3.16. The van der Waals surface area contributed by atoms with Crippen molar-refractivity contribution >= 4 is 27.4 Å². The molecule has 2 heterocycles. The molecule has 146 valence electrons. The van der Waals surface area contributed by atoms with Crippen molar-refractivity contribution in [3.05, 3.63) is 47.4 Å². The summed E-state index contributed by atoms with van der Waals surface area (Å²) in [4.78, 5) is 12.5. The third kappa shape index (κ3) is 3.76. The number of hydrogen-bond donors (Lipinski definition) is 2. The average molecular weight is 402 g/mol. The predicted molar refractivity (Wildman–Crippen MR) is 99.5 cm³/mol. The van der Waals surface area contributed by atoms with Crippen LogP contribution in [0.5, 0.6) is 0 Å². The largest absolute Gasteiger partial charge is 0.506 e. The molecule has 0 radical (unpaired) electrons. The molecule has 9 nitrogen and oxygen atoms in total. The van der Waals surface area contributed by atoms with Crippen LogP contribution in [0, 0.1) is 18.3 Å². The Labute approximate surface area is 161 Å². The van der Waals surface area contributed by atoms with Gasteiger partial charge in [0.25, 0.3) is 5.91 Å². The molecule has 1 aromatic carbocycles. The molecule has 1 amide bonds. The molecule has 1 saturated heterocycles. The number of carbonyl (C=O) groups is 1. The smallest absolute Gasteiger partial charge is 0.270 e. The molecular formula is C18H18N4O5S. The molecule has 3 rings (SSSR count). The fraction of sp³-hybridized carbons (Fsp3) is 0.278. The zero-order chi connectivity index (χ0) is 20.3. The number of nitrogens with one attached hydrogen (secondary N) is 1. The van der Waals surface area contributed by atoms with Crippen LogP contribution in [0.2, 0.25) is 0 Å². The molecular weight excluding hydrogens is 384 g/mol. The molecule has 1 aromatic heterocycles. The Morgan fingerprint density at radius 1 is 1.29 bits per heavy atom. The van der Waals surface area contributed by atoms with Gasteiger partial charge in [-0.15, -0.1) is 0 Å². The summed E-state index contributed by atoms with van der Waals surface area (Å²) in [5.74, 6) is -1.13. The van der Waals surface area contributed by atoms with E-state index in [4.69, 9.17) is 4.52 Å². The third-order valence-electron chi connectivity index (χ3n) is 4.40. The molecule has 0 spiro atoms. The molecule has 10 heteroatoms. The van der Waals surface area contributed by atoms with Crippen LogP contribution in [-0.2, 0) is 14.8 Å². The quantitative estimate of drug-likeness (QED) is 0.444. The molecule has 0 aliphatic carbocycles. The highest BCUT2D eigenvalue weighted by Crippen LogP contribution is 2.23. The molecule has 0 bridgehead atoms. The number of amides is 1. The lowest BCUT2D eigenvalue weighted by Crippen LogP contribution is -2.27. The molecule has 0 saturated carbocycles. The van der Waals surface area contributed by atoms with Gasteiger partial charge in [0.15, 0.2) is 11.3 Å². The minimum atomic E-state index is -3.55. The SMILES string of the molecule is Cc1oncc1/C(O)=C(\C#N)C(=O)Nc1ccc(S(=O)(=O)N2CCCC2)cc1. The summed E-state index contributed by atoms with van der Waals surface area (Å²) in [6.07, 6.45) is 2.88. The molecule has 2 N–H and O–H groups in total. The summed E-state index contributed by atoms with van der Waals surface area (Å²) in [6.45, 7) is 2.53. The van der Waals surface area contributed by atoms with E-state index in [2.05, 4.69) is 10.5 Å². The Kier molecular flexibility index (Phi) is 5.48. The van der Waals surface area contributed by atoms with E-state index in [-0.39, 0.29) is 21.9 Å². The van der Waals surface area contributed by atoms with Gasteiger partial charge >= 0.3 is 0 Å². The van der Waals surface area contributed by atoms with E-state index >= 15 is 0 Å². The number of nitrogens with zero attached hydrogens (tertiary/aromatic N) is 3. The molecule has 1 aliphatic rings. The van der Waals surface area contributed by atoms with Gasteiger partial charge in [-0.05, 0) is 44.0 Å². The molecule has 0 unspecified atom stereocenters. The average Bonchev–Trinajstić information content (AvgIpc) is 3.34. The molecule has 1 aliphatic heterocycles. The van der Waals surface area contributed by atoms with Gasteiger partial charge in [-0.25, -0.2) is 8.42 Å². The van der Waals surface area contributed by atoms with Gasteiger partial charge in [-0.2, -0.15) is 9.57 Å². The van der Waals surface area contributed by atoms with Gasteiger partial charge in [0.1, 0.15) is 11.8 Å². The highest BCUT2D eigenvalue weighted by Gasteiger charge is 2.27. The minimum absolute atomic E-state index is 0.131. The maximum Gasteiger partial charge on any atom is 0.270 e. The van der Waals surface area contributed by atoms with Crippen molar-refractivity contribution in [2.75, 3.05) is 18.4 Å². The van der Waals surface area contributed by atoms with Crippen LogP contribution in [0.3, 0.4) is 0 Å². The zero-order valence-corrected chi connectivity index (χ0v) is 15.9. The second-order valence-electron chi connectivity index (χ2n) is 6.22. The van der Waals surface area contributed by atoms with E-state index in [1.54, 1.807) is 6.07 Å². The number of hydrogen-bond acceptors (Lipinski definition) is 7. The van der Waals surface area contributed by atoms with Gasteiger partial charge in [-0.3, -0.25) is 4.79 Å². The van der Waals surface area contributed by atoms with Gasteiger partial charge in [0.05, 0.1) is 16.7 Å². The van der Waals surface area contributed by atoms with Crippen molar-refractivity contribution in [1.82, 2.24) is 9.46 Å². The number of aliphatic hydroxyl groups is 1. The number of nitriles is 1. The number of benzene rings is 1. The summed E-state index contributed by atoms with van der Waals surface area (Å²) >= 11 is 0. The van der Waals surface area contributed by atoms with E-state index in [1.165, 1.54) is 41.7 Å². The van der Waals surface area contributed by atoms with Crippen LogP contribution in [-0.4, -0.2) is 42.0 Å².